The van der Waals surface area contributed by atoms with Crippen LogP contribution < -0.4 is 4.90 Å². The molecule has 1 unspecified atom stereocenters. The zero-order valence-corrected chi connectivity index (χ0v) is 20.5. The molecule has 2 heterocycles. The molecule has 190 valence electrons. The summed E-state index contributed by atoms with van der Waals surface area (Å²) in [6.45, 7) is 1.90. The number of piperazine rings is 1. The van der Waals surface area contributed by atoms with E-state index in [4.69, 9.17) is 4.74 Å². The minimum atomic E-state index is -1.19. The van der Waals surface area contributed by atoms with Crippen LogP contribution in [-0.2, 0) is 9.53 Å². The number of carbonyl (C=O) groups is 3. The van der Waals surface area contributed by atoms with E-state index in [1.165, 1.54) is 14.7 Å². The number of fused-ring (bicyclic) bond motifs is 2. The lowest BCUT2D eigenvalue weighted by molar-refractivity contribution is -0.146. The highest BCUT2D eigenvalue weighted by Crippen LogP contribution is 2.38. The minimum Gasteiger partial charge on any atom is -0.480 e. The van der Waals surface area contributed by atoms with Gasteiger partial charge in [0.2, 0.25) is 0 Å². The van der Waals surface area contributed by atoms with Gasteiger partial charge in [0.1, 0.15) is 6.10 Å². The molecule has 2 aliphatic heterocycles. The first-order valence-corrected chi connectivity index (χ1v) is 12.4. The van der Waals surface area contributed by atoms with E-state index in [-0.39, 0.29) is 12.6 Å². The SMILES string of the molecule is CC(OC(=O)N1[C@H]2CC[C@@H]1[C@@H](C(=O)O)N(C(=O)N(c1ccccc1)c1ccccc1)C2)c1ccccc1. The van der Waals surface area contributed by atoms with Crippen molar-refractivity contribution < 1.29 is 24.2 Å². The molecule has 37 heavy (non-hydrogen) atoms. The molecular weight excluding hydrogens is 470 g/mol. The zero-order chi connectivity index (χ0) is 25.9. The van der Waals surface area contributed by atoms with Crippen LogP contribution in [-0.4, -0.2) is 57.7 Å². The van der Waals surface area contributed by atoms with Gasteiger partial charge in [0.25, 0.3) is 0 Å². The Balaban J connectivity index is 1.42. The molecule has 2 fully saturated rings. The standard InChI is InChI=1S/C29H29N3O5/c1-20(21-11-5-2-6-12-21)37-29(36)32-24-17-18-25(32)26(27(33)34)30(19-24)28(35)31(22-13-7-3-8-14-22)23-15-9-4-10-16-23/h2-16,20,24-26H,17-19H2,1H3,(H,33,34)/t20?,24-,25+,26-/m0/s1. The largest absolute Gasteiger partial charge is 0.480 e. The number of carboxylic acid groups (broad SMARTS) is 1. The molecule has 1 N–H and O–H groups in total. The number of hydrogen-bond donors (Lipinski definition) is 1. The first kappa shape index (κ1) is 24.4. The molecule has 3 aromatic rings. The summed E-state index contributed by atoms with van der Waals surface area (Å²) in [5, 5.41) is 10.3. The van der Waals surface area contributed by atoms with E-state index in [1.54, 1.807) is 6.92 Å². The Morgan fingerprint density at radius 1 is 0.865 bits per heavy atom. The fourth-order valence-corrected chi connectivity index (χ4v) is 5.39. The molecule has 0 aromatic heterocycles. The zero-order valence-electron chi connectivity index (χ0n) is 20.5. The average molecular weight is 500 g/mol. The van der Waals surface area contributed by atoms with Crippen LogP contribution in [0.4, 0.5) is 21.0 Å². The van der Waals surface area contributed by atoms with Crippen LogP contribution in [0.3, 0.4) is 0 Å². The maximum Gasteiger partial charge on any atom is 0.411 e. The molecule has 2 aliphatic rings. The second-order valence-corrected chi connectivity index (χ2v) is 9.37. The maximum absolute atomic E-state index is 14.0. The number of urea groups is 1. The van der Waals surface area contributed by atoms with Crippen molar-refractivity contribution in [1.29, 1.82) is 0 Å². The maximum atomic E-state index is 14.0. The van der Waals surface area contributed by atoms with Crippen LogP contribution in [0.2, 0.25) is 0 Å². The van der Waals surface area contributed by atoms with Gasteiger partial charge < -0.3 is 14.7 Å². The Morgan fingerprint density at radius 3 is 1.95 bits per heavy atom. The van der Waals surface area contributed by atoms with Crippen molar-refractivity contribution >= 4 is 29.5 Å². The summed E-state index contributed by atoms with van der Waals surface area (Å²) in [6.07, 6.45) is 0.0496. The predicted molar refractivity (Wildman–Crippen MR) is 139 cm³/mol. The van der Waals surface area contributed by atoms with Crippen LogP contribution >= 0.6 is 0 Å². The molecular formula is C29H29N3O5. The molecule has 3 amide bonds. The van der Waals surface area contributed by atoms with Gasteiger partial charge in [0, 0.05) is 6.54 Å². The lowest BCUT2D eigenvalue weighted by Gasteiger charge is -2.45. The summed E-state index contributed by atoms with van der Waals surface area (Å²) in [7, 11) is 0. The minimum absolute atomic E-state index is 0.108. The smallest absolute Gasteiger partial charge is 0.411 e. The average Bonchev–Trinajstić information content (AvgIpc) is 3.23. The second-order valence-electron chi connectivity index (χ2n) is 9.37. The highest BCUT2D eigenvalue weighted by molar-refractivity contribution is 6.01. The first-order valence-electron chi connectivity index (χ1n) is 12.4. The Morgan fingerprint density at radius 2 is 1.41 bits per heavy atom. The van der Waals surface area contributed by atoms with Gasteiger partial charge in [-0.15, -0.1) is 0 Å². The topological polar surface area (TPSA) is 90.4 Å². The third-order valence-corrected chi connectivity index (χ3v) is 7.13. The van der Waals surface area contributed by atoms with Crippen molar-refractivity contribution in [3.63, 3.8) is 0 Å². The van der Waals surface area contributed by atoms with E-state index < -0.39 is 36.3 Å². The van der Waals surface area contributed by atoms with E-state index in [0.717, 1.165) is 5.56 Å². The van der Waals surface area contributed by atoms with Gasteiger partial charge >= 0.3 is 18.1 Å². The number of hydrogen-bond acceptors (Lipinski definition) is 4. The van der Waals surface area contributed by atoms with Crippen molar-refractivity contribution in [2.24, 2.45) is 0 Å². The van der Waals surface area contributed by atoms with Gasteiger partial charge in [-0.2, -0.15) is 0 Å². The molecule has 0 aliphatic carbocycles. The molecule has 8 heteroatoms. The van der Waals surface area contributed by atoms with Crippen LogP contribution in [0.15, 0.2) is 91.0 Å². The van der Waals surface area contributed by atoms with E-state index in [9.17, 15) is 19.5 Å². The third kappa shape index (κ3) is 4.74. The number of anilines is 2. The Bertz CT molecular complexity index is 1210. The van der Waals surface area contributed by atoms with Crippen LogP contribution in [0.5, 0.6) is 0 Å². The Labute approximate surface area is 215 Å². The monoisotopic (exact) mass is 499 g/mol. The second kappa shape index (κ2) is 10.3. The van der Waals surface area contributed by atoms with Crippen LogP contribution in [0.1, 0.15) is 31.4 Å². The third-order valence-electron chi connectivity index (χ3n) is 7.13. The van der Waals surface area contributed by atoms with E-state index in [2.05, 4.69) is 0 Å². The molecule has 0 saturated carbocycles. The number of nitrogens with zero attached hydrogens (tertiary/aromatic N) is 3. The van der Waals surface area contributed by atoms with Crippen LogP contribution in [0, 0.1) is 0 Å². The Hall–Kier alpha value is -4.33. The highest BCUT2D eigenvalue weighted by atomic mass is 16.6. The van der Waals surface area contributed by atoms with Crippen molar-refractivity contribution in [3.05, 3.63) is 96.6 Å². The molecule has 5 rings (SSSR count). The number of ether oxygens (including phenoxy) is 1. The quantitative estimate of drug-likeness (QED) is 0.505. The van der Waals surface area contributed by atoms with Crippen molar-refractivity contribution in [2.75, 3.05) is 11.4 Å². The highest BCUT2D eigenvalue weighted by Gasteiger charge is 2.54. The first-order chi connectivity index (χ1) is 18.0. The van der Waals surface area contributed by atoms with Gasteiger partial charge in [-0.25, -0.2) is 14.4 Å². The number of aliphatic carboxylic acids is 1. The lowest BCUT2D eigenvalue weighted by atomic mass is 10.0. The van der Waals surface area contributed by atoms with Gasteiger partial charge in [0.15, 0.2) is 6.04 Å². The van der Waals surface area contributed by atoms with Crippen LogP contribution in [0.25, 0.3) is 0 Å². The van der Waals surface area contributed by atoms with Crippen molar-refractivity contribution in [1.82, 2.24) is 9.80 Å². The van der Waals surface area contributed by atoms with Crippen molar-refractivity contribution in [3.8, 4) is 0 Å². The molecule has 0 radical (unpaired) electrons. The number of likely N-dealkylation sites (tertiary alicyclic amines) is 1. The van der Waals surface area contributed by atoms with Gasteiger partial charge in [-0.1, -0.05) is 66.7 Å². The van der Waals surface area contributed by atoms with E-state index in [1.807, 2.05) is 91.0 Å². The fraction of sp³-hybridized carbons (Fsp3) is 0.276. The number of benzene rings is 3. The fourth-order valence-electron chi connectivity index (χ4n) is 5.39. The molecule has 4 atom stereocenters. The lowest BCUT2D eigenvalue weighted by Crippen LogP contribution is -2.66. The summed E-state index contributed by atoms with van der Waals surface area (Å²) in [5.74, 6) is -1.14. The summed E-state index contributed by atoms with van der Waals surface area (Å²) in [5.41, 5.74) is 2.12. The van der Waals surface area contributed by atoms with Gasteiger partial charge in [-0.05, 0) is 49.6 Å². The van der Waals surface area contributed by atoms with E-state index in [0.29, 0.717) is 24.2 Å². The number of rotatable bonds is 5. The summed E-state index contributed by atoms with van der Waals surface area (Å²) in [4.78, 5) is 44.3. The van der Waals surface area contributed by atoms with Gasteiger partial charge in [-0.3, -0.25) is 9.80 Å². The number of carbonyl (C=O) groups excluding carboxylic acids is 2. The Kier molecular flexibility index (Phi) is 6.81. The summed E-state index contributed by atoms with van der Waals surface area (Å²) in [6, 6.07) is 25.1. The van der Waals surface area contributed by atoms with Crippen molar-refractivity contribution in [2.45, 2.75) is 44.0 Å². The number of carboxylic acids is 1. The summed E-state index contributed by atoms with van der Waals surface area (Å²) >= 11 is 0. The van der Waals surface area contributed by atoms with Gasteiger partial charge in [0.05, 0.1) is 23.5 Å². The van der Waals surface area contributed by atoms with E-state index >= 15 is 0 Å². The predicted octanol–water partition coefficient (Wildman–Crippen LogP) is 5.44. The molecule has 3 aromatic carbocycles. The normalized spacial score (nSPS) is 21.3. The summed E-state index contributed by atoms with van der Waals surface area (Å²) < 4.78 is 5.75. The molecule has 0 spiro atoms. The molecule has 8 nitrogen and oxygen atoms in total. The number of amides is 3. The molecule has 2 bridgehead atoms. The molecule has 2 saturated heterocycles. The number of para-hydroxylation sites is 2.